The van der Waals surface area contributed by atoms with Crippen LogP contribution in [0.3, 0.4) is 0 Å². The maximum Gasteiger partial charge on any atom is 0.190 e. The van der Waals surface area contributed by atoms with E-state index in [9.17, 15) is 8.42 Å². The first-order valence-electron chi connectivity index (χ1n) is 2.77. The normalized spacial score (nSPS) is 14.4. The van der Waals surface area contributed by atoms with E-state index >= 15 is 0 Å². The van der Waals surface area contributed by atoms with Gasteiger partial charge in [0.2, 0.25) is 0 Å². The van der Waals surface area contributed by atoms with Crippen molar-refractivity contribution in [1.82, 2.24) is 0 Å². The van der Waals surface area contributed by atoms with E-state index in [2.05, 4.69) is 0 Å². The lowest BCUT2D eigenvalue weighted by Crippen LogP contribution is -2.09. The minimum Gasteiger partial charge on any atom is -0.389 e. The number of hydrogen-bond donors (Lipinski definition) is 1. The van der Waals surface area contributed by atoms with Crippen molar-refractivity contribution in [2.45, 2.75) is 6.92 Å². The highest BCUT2D eigenvalue weighted by Gasteiger charge is 2.02. The van der Waals surface area contributed by atoms with Crippen LogP contribution >= 0.6 is 0 Å². The molecular weight excluding hydrogens is 150 g/mol. The van der Waals surface area contributed by atoms with E-state index in [4.69, 9.17) is 5.73 Å². The minimum atomic E-state index is -3.19. The van der Waals surface area contributed by atoms with Gasteiger partial charge in [-0.2, -0.15) is 0 Å². The van der Waals surface area contributed by atoms with Gasteiger partial charge in [0.1, 0.15) is 5.03 Å². The summed E-state index contributed by atoms with van der Waals surface area (Å²) in [6.45, 7) is 1.78. The lowest BCUT2D eigenvalue weighted by molar-refractivity contribution is 0.607. The number of rotatable bonds is 2. The molecule has 58 valence electrons. The van der Waals surface area contributed by atoms with Crippen LogP contribution < -0.4 is 5.73 Å². The Kier molecular flexibility index (Phi) is 3.15. The van der Waals surface area contributed by atoms with E-state index in [1.54, 1.807) is 19.1 Å². The third-order valence-electron chi connectivity index (χ3n) is 0.881. The zero-order valence-corrected chi connectivity index (χ0v) is 6.85. The second kappa shape index (κ2) is 3.41. The third-order valence-corrected chi connectivity index (χ3v) is 1.87. The standard InChI is InChI=1S/C6H11NO2S/c1-3-4-5-6(7)10(2,8)9/h3-5H,7H2,1-2H3/b4-3-,6-5+. The van der Waals surface area contributed by atoms with Crippen molar-refractivity contribution in [3.05, 3.63) is 23.3 Å². The van der Waals surface area contributed by atoms with E-state index in [0.29, 0.717) is 0 Å². The number of nitrogens with two attached hydrogens (primary N) is 1. The number of sulfone groups is 1. The topological polar surface area (TPSA) is 60.2 Å². The molecule has 0 atom stereocenters. The van der Waals surface area contributed by atoms with Gasteiger partial charge in [0, 0.05) is 6.26 Å². The lowest BCUT2D eigenvalue weighted by Gasteiger charge is -1.92. The highest BCUT2D eigenvalue weighted by molar-refractivity contribution is 7.94. The molecule has 2 N–H and O–H groups in total. The molecule has 0 spiro atoms. The van der Waals surface area contributed by atoms with Crippen LogP contribution in [0.1, 0.15) is 6.92 Å². The van der Waals surface area contributed by atoms with Crippen molar-refractivity contribution < 1.29 is 8.42 Å². The van der Waals surface area contributed by atoms with Gasteiger partial charge in [-0.1, -0.05) is 12.2 Å². The fourth-order valence-corrected chi connectivity index (χ4v) is 0.640. The summed E-state index contributed by atoms with van der Waals surface area (Å²) in [5.41, 5.74) is 5.16. The predicted molar refractivity (Wildman–Crippen MR) is 41.9 cm³/mol. The summed E-state index contributed by atoms with van der Waals surface area (Å²) in [4.78, 5) is 0. The van der Waals surface area contributed by atoms with Gasteiger partial charge in [-0.25, -0.2) is 8.42 Å². The lowest BCUT2D eigenvalue weighted by atomic mass is 10.5. The fraction of sp³-hybridized carbons (Fsp3) is 0.333. The van der Waals surface area contributed by atoms with Crippen molar-refractivity contribution in [3.8, 4) is 0 Å². The Hall–Kier alpha value is -0.770. The molecule has 0 aromatic carbocycles. The van der Waals surface area contributed by atoms with E-state index in [-0.39, 0.29) is 5.03 Å². The molecular formula is C6H11NO2S. The van der Waals surface area contributed by atoms with Crippen molar-refractivity contribution in [2.24, 2.45) is 5.73 Å². The third kappa shape index (κ3) is 3.29. The Morgan fingerprint density at radius 1 is 1.50 bits per heavy atom. The molecule has 0 fully saturated rings. The second-order valence-corrected chi connectivity index (χ2v) is 3.88. The van der Waals surface area contributed by atoms with Gasteiger partial charge in [-0.15, -0.1) is 0 Å². The monoisotopic (exact) mass is 161 g/mol. The summed E-state index contributed by atoms with van der Waals surface area (Å²) >= 11 is 0. The first-order chi connectivity index (χ1) is 4.48. The Bertz CT molecular complexity index is 249. The molecule has 10 heavy (non-hydrogen) atoms. The first-order valence-corrected chi connectivity index (χ1v) is 4.66. The van der Waals surface area contributed by atoms with Crippen LogP contribution in [0.5, 0.6) is 0 Å². The molecule has 0 bridgehead atoms. The fourth-order valence-electron chi connectivity index (χ4n) is 0.315. The average molecular weight is 161 g/mol. The van der Waals surface area contributed by atoms with E-state index in [1.165, 1.54) is 6.08 Å². The van der Waals surface area contributed by atoms with Crippen molar-refractivity contribution >= 4 is 9.84 Å². The summed E-state index contributed by atoms with van der Waals surface area (Å²) in [5, 5.41) is -0.106. The summed E-state index contributed by atoms with van der Waals surface area (Å²) < 4.78 is 21.2. The number of hydrogen-bond acceptors (Lipinski definition) is 3. The second-order valence-electron chi connectivity index (χ2n) is 1.87. The Balaban J connectivity index is 4.52. The van der Waals surface area contributed by atoms with Gasteiger partial charge >= 0.3 is 0 Å². The van der Waals surface area contributed by atoms with Gasteiger partial charge in [0.15, 0.2) is 9.84 Å². The van der Waals surface area contributed by atoms with Gasteiger partial charge in [-0.3, -0.25) is 0 Å². The van der Waals surface area contributed by atoms with Crippen LogP contribution in [-0.4, -0.2) is 14.7 Å². The Labute approximate surface area is 61.2 Å². The quantitative estimate of drug-likeness (QED) is 0.596. The van der Waals surface area contributed by atoms with Crippen molar-refractivity contribution in [3.63, 3.8) is 0 Å². The van der Waals surface area contributed by atoms with Gasteiger partial charge in [0.25, 0.3) is 0 Å². The molecule has 0 aromatic rings. The molecule has 4 heteroatoms. The average Bonchev–Trinajstić information content (AvgIpc) is 1.80. The van der Waals surface area contributed by atoms with Crippen LogP contribution in [0.2, 0.25) is 0 Å². The summed E-state index contributed by atoms with van der Waals surface area (Å²) in [6.07, 6.45) is 5.71. The number of allylic oxidation sites excluding steroid dienone is 3. The molecule has 0 saturated carbocycles. The van der Waals surface area contributed by atoms with E-state index in [1.807, 2.05) is 0 Å². The van der Waals surface area contributed by atoms with Crippen LogP contribution in [0.15, 0.2) is 23.3 Å². The summed E-state index contributed by atoms with van der Waals surface area (Å²) in [6, 6.07) is 0. The molecule has 0 heterocycles. The van der Waals surface area contributed by atoms with Crippen molar-refractivity contribution in [2.75, 3.05) is 6.26 Å². The largest absolute Gasteiger partial charge is 0.389 e. The summed E-state index contributed by atoms with van der Waals surface area (Å²) in [5.74, 6) is 0. The van der Waals surface area contributed by atoms with Gasteiger partial charge in [-0.05, 0) is 13.0 Å². The van der Waals surface area contributed by atoms with Crippen LogP contribution in [-0.2, 0) is 9.84 Å². The smallest absolute Gasteiger partial charge is 0.190 e. The first kappa shape index (κ1) is 9.23. The van der Waals surface area contributed by atoms with Gasteiger partial charge < -0.3 is 5.73 Å². The van der Waals surface area contributed by atoms with Crippen LogP contribution in [0, 0.1) is 0 Å². The van der Waals surface area contributed by atoms with E-state index in [0.717, 1.165) is 6.26 Å². The molecule has 0 aromatic heterocycles. The zero-order valence-electron chi connectivity index (χ0n) is 6.03. The van der Waals surface area contributed by atoms with Crippen molar-refractivity contribution in [1.29, 1.82) is 0 Å². The maximum atomic E-state index is 10.6. The van der Waals surface area contributed by atoms with Crippen LogP contribution in [0.25, 0.3) is 0 Å². The molecule has 0 amide bonds. The molecule has 0 radical (unpaired) electrons. The Morgan fingerprint density at radius 3 is 2.30 bits per heavy atom. The maximum absolute atomic E-state index is 10.6. The summed E-state index contributed by atoms with van der Waals surface area (Å²) in [7, 11) is -3.19. The Morgan fingerprint density at radius 2 is 2.00 bits per heavy atom. The zero-order chi connectivity index (χ0) is 8.20. The van der Waals surface area contributed by atoms with E-state index < -0.39 is 9.84 Å². The molecule has 0 saturated heterocycles. The highest BCUT2D eigenvalue weighted by atomic mass is 32.2. The van der Waals surface area contributed by atoms with Crippen LogP contribution in [0.4, 0.5) is 0 Å². The molecule has 0 rings (SSSR count). The molecule has 0 aliphatic carbocycles. The highest BCUT2D eigenvalue weighted by Crippen LogP contribution is 1.94. The minimum absolute atomic E-state index is 0.106. The molecule has 0 unspecified atom stereocenters. The molecule has 3 nitrogen and oxygen atoms in total. The predicted octanol–water partition coefficient (Wildman–Crippen LogP) is 0.407. The van der Waals surface area contributed by atoms with Gasteiger partial charge in [0.05, 0.1) is 0 Å². The molecule has 0 aliphatic rings. The SMILES string of the molecule is C/C=C\C=C(/N)S(C)(=O)=O. The molecule has 0 aliphatic heterocycles.